The first-order chi connectivity index (χ1) is 29.1. The Hall–Kier alpha value is -5.24. The maximum absolute atomic E-state index is 13.2. The number of carbonyl (C=O) groups excluding carboxylic acids is 2. The lowest BCUT2D eigenvalue weighted by Gasteiger charge is -2.39. The van der Waals surface area contributed by atoms with E-state index in [1.807, 2.05) is 97.1 Å². The van der Waals surface area contributed by atoms with Crippen LogP contribution in [0.5, 0.6) is 0 Å². The Morgan fingerprint density at radius 1 is 0.483 bits per heavy atom. The Bertz CT molecular complexity index is 2210. The van der Waals surface area contributed by atoms with Crippen molar-refractivity contribution in [3.8, 4) is 0 Å². The summed E-state index contributed by atoms with van der Waals surface area (Å²) in [4.78, 5) is 35.8. The van der Waals surface area contributed by atoms with E-state index >= 15 is 0 Å². The van der Waals surface area contributed by atoms with Gasteiger partial charge in [0.25, 0.3) is 11.8 Å². The van der Waals surface area contributed by atoms with Crippen molar-refractivity contribution < 1.29 is 59.2 Å². The first-order valence-corrected chi connectivity index (χ1v) is 19.8. The molecule has 314 valence electrons. The number of ether oxygens (including phenoxy) is 4. The number of pyridine rings is 2. The molecule has 0 bridgehead atoms. The third-order valence-electron chi connectivity index (χ3n) is 11.0. The van der Waals surface area contributed by atoms with Crippen molar-refractivity contribution in [3.63, 3.8) is 0 Å². The lowest BCUT2D eigenvalue weighted by molar-refractivity contribution is -0.290. The smallest absolute Gasteiger partial charge is 0.252 e. The van der Waals surface area contributed by atoms with Gasteiger partial charge in [-0.1, -0.05) is 72.8 Å². The molecule has 2 amide bonds. The molecule has 2 aliphatic rings. The fraction of sp³-hybridized carbons (Fsp3) is 0.364. The molecule has 0 saturated carbocycles. The molecule has 8 rings (SSSR count). The number of carbonyl (C=O) groups is 2. The number of aromatic nitrogens is 2. The highest BCUT2D eigenvalue weighted by atomic mass is 16.7. The SMILES string of the molecule is O=C(NCCNC(=O)[C@H]1O[C@@H](OCCc2c3ccccc3nc3ccccc23)[C@H](O)[C@@H](O)[C@@H]1O)[C@H]1O[C@@H](OCCc2c3ccccc3nc3ccccc23)[C@H](O)[C@@H](O)[C@@H]1O. The van der Waals surface area contributed by atoms with Gasteiger partial charge in [0.1, 0.15) is 36.6 Å². The van der Waals surface area contributed by atoms with Crippen molar-refractivity contribution in [2.75, 3.05) is 26.3 Å². The molecular formula is C44H46N4O12. The van der Waals surface area contributed by atoms with Crippen molar-refractivity contribution in [2.45, 2.75) is 74.3 Å². The Balaban J connectivity index is 0.832. The molecule has 4 aromatic carbocycles. The Labute approximate surface area is 343 Å². The molecule has 2 saturated heterocycles. The molecule has 2 aromatic heterocycles. The summed E-state index contributed by atoms with van der Waals surface area (Å²) >= 11 is 0. The average Bonchev–Trinajstić information content (AvgIpc) is 3.27. The van der Waals surface area contributed by atoms with Gasteiger partial charge in [-0.15, -0.1) is 0 Å². The Morgan fingerprint density at radius 2 is 0.800 bits per heavy atom. The van der Waals surface area contributed by atoms with Gasteiger partial charge in [0.15, 0.2) is 24.8 Å². The number of hydrogen-bond donors (Lipinski definition) is 8. The van der Waals surface area contributed by atoms with Crippen LogP contribution in [-0.2, 0) is 41.4 Å². The molecule has 0 spiro atoms. The summed E-state index contributed by atoms with van der Waals surface area (Å²) in [6, 6.07) is 30.7. The standard InChI is InChI=1S/C44H46N4O12/c49-33-35(51)39(59-43(37(33)53)57-21-17-23-25-9-1-5-13-29(25)47-30-14-6-2-10-26(23)30)41(55)45-19-20-46-42(56)40-36(52)34(50)38(54)44(60-40)58-22-18-24-27-11-3-7-15-31(27)48-32-16-8-4-12-28(24)32/h1-16,33-40,43-44,49-54H,17-22H2,(H,45,55)(H,46,56)/t33-,34-,35-,36-,37+,38+,39-,40-,43+,44+/m0/s1. The largest absolute Gasteiger partial charge is 0.387 e. The molecule has 0 unspecified atom stereocenters. The summed E-state index contributed by atoms with van der Waals surface area (Å²) in [7, 11) is 0. The van der Waals surface area contributed by atoms with Crippen molar-refractivity contribution in [2.24, 2.45) is 0 Å². The van der Waals surface area contributed by atoms with Gasteiger partial charge < -0.3 is 60.2 Å². The normalized spacial score (nSPS) is 27.0. The molecular weight excluding hydrogens is 776 g/mol. The molecule has 16 heteroatoms. The molecule has 2 fully saturated rings. The van der Waals surface area contributed by atoms with Crippen LogP contribution >= 0.6 is 0 Å². The van der Waals surface area contributed by atoms with Gasteiger partial charge in [-0.05, 0) is 48.2 Å². The number of aliphatic hydroxyl groups is 6. The number of benzene rings is 4. The van der Waals surface area contributed by atoms with Crippen molar-refractivity contribution >= 4 is 55.4 Å². The van der Waals surface area contributed by atoms with Gasteiger partial charge in [0.05, 0.1) is 35.3 Å². The molecule has 2 aliphatic heterocycles. The van der Waals surface area contributed by atoms with Gasteiger partial charge in [0.2, 0.25) is 0 Å². The zero-order chi connectivity index (χ0) is 41.9. The predicted octanol–water partition coefficient (Wildman–Crippen LogP) is 0.755. The van der Waals surface area contributed by atoms with E-state index in [0.717, 1.165) is 54.7 Å². The van der Waals surface area contributed by atoms with Gasteiger partial charge in [-0.25, -0.2) is 9.97 Å². The molecule has 6 aromatic rings. The quantitative estimate of drug-likeness (QED) is 0.0593. The lowest BCUT2D eigenvalue weighted by atomic mass is 9.98. The van der Waals surface area contributed by atoms with Crippen LogP contribution in [0.1, 0.15) is 11.1 Å². The molecule has 8 N–H and O–H groups in total. The number of amides is 2. The second-order valence-corrected chi connectivity index (χ2v) is 14.9. The first-order valence-electron chi connectivity index (χ1n) is 19.8. The topological polar surface area (TPSA) is 242 Å². The van der Waals surface area contributed by atoms with Crippen molar-refractivity contribution in [1.82, 2.24) is 20.6 Å². The van der Waals surface area contributed by atoms with Crippen LogP contribution in [0.15, 0.2) is 97.1 Å². The number of para-hydroxylation sites is 4. The van der Waals surface area contributed by atoms with Gasteiger partial charge in [-0.2, -0.15) is 0 Å². The summed E-state index contributed by atoms with van der Waals surface area (Å²) in [6.07, 6.45) is -15.9. The minimum absolute atomic E-state index is 0.0364. The maximum Gasteiger partial charge on any atom is 0.252 e. The highest BCUT2D eigenvalue weighted by Crippen LogP contribution is 2.30. The van der Waals surface area contributed by atoms with Crippen LogP contribution in [0.3, 0.4) is 0 Å². The van der Waals surface area contributed by atoms with Crippen LogP contribution in [-0.4, -0.2) is 140 Å². The van der Waals surface area contributed by atoms with Crippen LogP contribution < -0.4 is 10.6 Å². The number of hydrogen-bond acceptors (Lipinski definition) is 14. The molecule has 60 heavy (non-hydrogen) atoms. The van der Waals surface area contributed by atoms with Crippen LogP contribution in [0, 0.1) is 0 Å². The van der Waals surface area contributed by atoms with Crippen LogP contribution in [0.4, 0.5) is 0 Å². The van der Waals surface area contributed by atoms with Gasteiger partial charge >= 0.3 is 0 Å². The van der Waals surface area contributed by atoms with E-state index < -0.39 is 73.2 Å². The molecule has 0 aliphatic carbocycles. The van der Waals surface area contributed by atoms with E-state index in [2.05, 4.69) is 10.6 Å². The average molecular weight is 823 g/mol. The van der Waals surface area contributed by atoms with Crippen LogP contribution in [0.2, 0.25) is 0 Å². The molecule has 16 nitrogen and oxygen atoms in total. The second-order valence-electron chi connectivity index (χ2n) is 14.9. The summed E-state index contributed by atoms with van der Waals surface area (Å²) in [5.74, 6) is -1.70. The fourth-order valence-electron chi connectivity index (χ4n) is 7.93. The van der Waals surface area contributed by atoms with E-state index in [1.54, 1.807) is 0 Å². The molecule has 10 atom stereocenters. The van der Waals surface area contributed by atoms with Gasteiger partial charge in [-0.3, -0.25) is 9.59 Å². The number of fused-ring (bicyclic) bond motifs is 4. The predicted molar refractivity (Wildman–Crippen MR) is 217 cm³/mol. The third kappa shape index (κ3) is 8.39. The van der Waals surface area contributed by atoms with E-state index in [-0.39, 0.29) is 26.3 Å². The van der Waals surface area contributed by atoms with Gasteiger partial charge in [0, 0.05) is 34.6 Å². The van der Waals surface area contributed by atoms with E-state index in [1.165, 1.54) is 0 Å². The zero-order valence-corrected chi connectivity index (χ0v) is 32.3. The zero-order valence-electron chi connectivity index (χ0n) is 32.3. The van der Waals surface area contributed by atoms with E-state index in [0.29, 0.717) is 12.8 Å². The molecule has 4 heterocycles. The number of rotatable bonds is 13. The Morgan fingerprint density at radius 3 is 1.13 bits per heavy atom. The minimum atomic E-state index is -1.80. The highest BCUT2D eigenvalue weighted by molar-refractivity contribution is 5.98. The van der Waals surface area contributed by atoms with E-state index in [9.17, 15) is 40.2 Å². The highest BCUT2D eigenvalue weighted by Gasteiger charge is 2.48. The summed E-state index contributed by atoms with van der Waals surface area (Å²) in [5.41, 5.74) is 5.14. The number of aliphatic hydroxyl groups excluding tert-OH is 6. The number of nitrogens with one attached hydrogen (secondary N) is 2. The summed E-state index contributed by atoms with van der Waals surface area (Å²) < 4.78 is 23.0. The first kappa shape index (κ1) is 41.5. The Kier molecular flexibility index (Phi) is 12.6. The lowest BCUT2D eigenvalue weighted by Crippen LogP contribution is -2.63. The molecule has 0 radical (unpaired) electrons. The summed E-state index contributed by atoms with van der Waals surface area (Å²) in [5, 5.41) is 72.6. The van der Waals surface area contributed by atoms with E-state index in [4.69, 9.17) is 28.9 Å². The minimum Gasteiger partial charge on any atom is -0.387 e. The van der Waals surface area contributed by atoms with Crippen LogP contribution in [0.25, 0.3) is 43.6 Å². The third-order valence-corrected chi connectivity index (χ3v) is 11.0. The second kappa shape index (κ2) is 18.2. The van der Waals surface area contributed by atoms with Crippen molar-refractivity contribution in [3.05, 3.63) is 108 Å². The number of nitrogens with zero attached hydrogens (tertiary/aromatic N) is 2. The van der Waals surface area contributed by atoms with Crippen molar-refractivity contribution in [1.29, 1.82) is 0 Å². The monoisotopic (exact) mass is 822 g/mol. The fourth-order valence-corrected chi connectivity index (χ4v) is 7.93. The summed E-state index contributed by atoms with van der Waals surface area (Å²) in [6.45, 7) is -0.306. The maximum atomic E-state index is 13.2.